The summed E-state index contributed by atoms with van der Waals surface area (Å²) in [5.41, 5.74) is 0.633. The van der Waals surface area contributed by atoms with E-state index in [0.717, 1.165) is 24.9 Å². The maximum absolute atomic E-state index is 10.7. The summed E-state index contributed by atoms with van der Waals surface area (Å²) in [4.78, 5) is 23.6. The second kappa shape index (κ2) is 6.83. The summed E-state index contributed by atoms with van der Waals surface area (Å²) in [6, 6.07) is 7.09. The Morgan fingerprint density at radius 3 is 2.48 bits per heavy atom. The molecule has 114 valence electrons. The Labute approximate surface area is 124 Å². The summed E-state index contributed by atoms with van der Waals surface area (Å²) in [7, 11) is 0. The number of likely N-dealkylation sites (tertiary alicyclic amines) is 1. The van der Waals surface area contributed by atoms with Crippen molar-refractivity contribution >= 4 is 12.3 Å². The summed E-state index contributed by atoms with van der Waals surface area (Å²) in [5, 5.41) is 10.7. The fourth-order valence-corrected chi connectivity index (χ4v) is 2.63. The molecule has 2 rings (SSSR count). The van der Waals surface area contributed by atoms with E-state index in [4.69, 9.17) is 4.74 Å². The van der Waals surface area contributed by atoms with E-state index in [1.807, 2.05) is 12.1 Å². The van der Waals surface area contributed by atoms with Crippen LogP contribution in [0.25, 0.3) is 0 Å². The van der Waals surface area contributed by atoms with Crippen LogP contribution in [0.15, 0.2) is 24.3 Å². The minimum Gasteiger partial charge on any atom is -0.465 e. The Morgan fingerprint density at radius 2 is 1.95 bits per heavy atom. The SMILES string of the molecule is CC(=O)OCCN1CCC(O)(c2ccc(C=O)cc2)CC1. The maximum atomic E-state index is 10.7. The zero-order valence-corrected chi connectivity index (χ0v) is 12.2. The molecule has 1 N–H and O–H groups in total. The summed E-state index contributed by atoms with van der Waals surface area (Å²) in [6.07, 6.45) is 2.06. The number of ether oxygens (including phenoxy) is 1. The molecule has 0 aliphatic carbocycles. The molecule has 21 heavy (non-hydrogen) atoms. The van der Waals surface area contributed by atoms with Gasteiger partial charge in [0.25, 0.3) is 0 Å². The monoisotopic (exact) mass is 291 g/mol. The molecule has 0 aromatic heterocycles. The van der Waals surface area contributed by atoms with Gasteiger partial charge >= 0.3 is 5.97 Å². The quantitative estimate of drug-likeness (QED) is 0.655. The van der Waals surface area contributed by atoms with Gasteiger partial charge in [0.15, 0.2) is 0 Å². The molecule has 1 aliphatic rings. The van der Waals surface area contributed by atoms with Crippen LogP contribution in [0.1, 0.15) is 35.7 Å². The zero-order chi connectivity index (χ0) is 15.3. The molecule has 1 aromatic carbocycles. The van der Waals surface area contributed by atoms with Gasteiger partial charge in [-0.1, -0.05) is 24.3 Å². The second-order valence-electron chi connectivity index (χ2n) is 5.45. The molecule has 1 fully saturated rings. The first-order valence-corrected chi connectivity index (χ1v) is 7.17. The van der Waals surface area contributed by atoms with Gasteiger partial charge in [0.2, 0.25) is 0 Å². The minimum absolute atomic E-state index is 0.265. The van der Waals surface area contributed by atoms with Gasteiger partial charge in [0.05, 0.1) is 5.60 Å². The van der Waals surface area contributed by atoms with Gasteiger partial charge in [-0.05, 0) is 18.4 Å². The molecule has 1 aromatic rings. The Morgan fingerprint density at radius 1 is 1.33 bits per heavy atom. The number of hydrogen-bond acceptors (Lipinski definition) is 5. The Hall–Kier alpha value is -1.72. The number of carbonyl (C=O) groups is 2. The molecule has 5 heteroatoms. The van der Waals surface area contributed by atoms with Crippen molar-refractivity contribution in [3.63, 3.8) is 0 Å². The van der Waals surface area contributed by atoms with Crippen LogP contribution in [0.2, 0.25) is 0 Å². The molecular weight excluding hydrogens is 270 g/mol. The van der Waals surface area contributed by atoms with Crippen LogP contribution < -0.4 is 0 Å². The van der Waals surface area contributed by atoms with Gasteiger partial charge < -0.3 is 9.84 Å². The topological polar surface area (TPSA) is 66.8 Å². The first kappa shape index (κ1) is 15.7. The highest BCUT2D eigenvalue weighted by molar-refractivity contribution is 5.74. The van der Waals surface area contributed by atoms with Crippen molar-refractivity contribution in [2.75, 3.05) is 26.2 Å². The summed E-state index contributed by atoms with van der Waals surface area (Å²) >= 11 is 0. The highest BCUT2D eigenvalue weighted by Crippen LogP contribution is 2.32. The van der Waals surface area contributed by atoms with Crippen molar-refractivity contribution in [3.8, 4) is 0 Å². The molecule has 0 bridgehead atoms. The number of nitrogens with zero attached hydrogens (tertiary/aromatic N) is 1. The third-order valence-corrected chi connectivity index (χ3v) is 3.98. The summed E-state index contributed by atoms with van der Waals surface area (Å²) in [5.74, 6) is -0.265. The van der Waals surface area contributed by atoms with Crippen LogP contribution in [0, 0.1) is 0 Å². The van der Waals surface area contributed by atoms with E-state index in [9.17, 15) is 14.7 Å². The lowest BCUT2D eigenvalue weighted by Crippen LogP contribution is -2.43. The maximum Gasteiger partial charge on any atom is 0.302 e. The molecule has 0 spiro atoms. The number of aldehydes is 1. The van der Waals surface area contributed by atoms with Crippen LogP contribution in [0.4, 0.5) is 0 Å². The van der Waals surface area contributed by atoms with Crippen molar-refractivity contribution in [2.24, 2.45) is 0 Å². The lowest BCUT2D eigenvalue weighted by Gasteiger charge is -2.38. The van der Waals surface area contributed by atoms with E-state index < -0.39 is 5.60 Å². The number of aliphatic hydroxyl groups is 1. The number of piperidine rings is 1. The third-order valence-electron chi connectivity index (χ3n) is 3.98. The van der Waals surface area contributed by atoms with Gasteiger partial charge in [0.1, 0.15) is 12.9 Å². The fourth-order valence-electron chi connectivity index (χ4n) is 2.63. The lowest BCUT2D eigenvalue weighted by atomic mass is 9.84. The number of hydrogen-bond donors (Lipinski definition) is 1. The summed E-state index contributed by atoms with van der Waals surface area (Å²) in [6.45, 7) is 4.00. The second-order valence-corrected chi connectivity index (χ2v) is 5.45. The number of rotatable bonds is 5. The molecule has 1 aliphatic heterocycles. The average Bonchev–Trinajstić information content (AvgIpc) is 2.49. The molecule has 0 radical (unpaired) electrons. The lowest BCUT2D eigenvalue weighted by molar-refractivity contribution is -0.141. The highest BCUT2D eigenvalue weighted by Gasteiger charge is 2.33. The van der Waals surface area contributed by atoms with E-state index in [1.165, 1.54) is 6.92 Å². The van der Waals surface area contributed by atoms with Crippen LogP contribution in [-0.2, 0) is 15.1 Å². The Bertz CT molecular complexity index is 490. The molecular formula is C16H21NO4. The van der Waals surface area contributed by atoms with Crippen molar-refractivity contribution in [3.05, 3.63) is 35.4 Å². The molecule has 5 nitrogen and oxygen atoms in total. The molecule has 0 unspecified atom stereocenters. The van der Waals surface area contributed by atoms with Crippen molar-refractivity contribution in [1.29, 1.82) is 0 Å². The predicted molar refractivity (Wildman–Crippen MR) is 78.0 cm³/mol. The van der Waals surface area contributed by atoms with Crippen molar-refractivity contribution < 1.29 is 19.4 Å². The number of benzene rings is 1. The standard InChI is InChI=1S/C16H21NO4/c1-13(19)21-11-10-17-8-6-16(20,7-9-17)15-4-2-14(12-18)3-5-15/h2-5,12,20H,6-11H2,1H3. The van der Waals surface area contributed by atoms with Gasteiger partial charge in [-0.15, -0.1) is 0 Å². The summed E-state index contributed by atoms with van der Waals surface area (Å²) < 4.78 is 4.93. The highest BCUT2D eigenvalue weighted by atomic mass is 16.5. The molecule has 0 atom stereocenters. The van der Waals surface area contributed by atoms with E-state index in [-0.39, 0.29) is 5.97 Å². The Kier molecular flexibility index (Phi) is 5.09. The predicted octanol–water partition coefficient (Wildman–Crippen LogP) is 1.35. The van der Waals surface area contributed by atoms with Crippen LogP contribution in [-0.4, -0.2) is 48.5 Å². The third kappa shape index (κ3) is 4.12. The van der Waals surface area contributed by atoms with Gasteiger partial charge in [-0.25, -0.2) is 0 Å². The van der Waals surface area contributed by atoms with Gasteiger partial charge in [0, 0.05) is 32.1 Å². The fraction of sp³-hybridized carbons (Fsp3) is 0.500. The normalized spacial score (nSPS) is 18.2. The van der Waals surface area contributed by atoms with E-state index in [2.05, 4.69) is 4.90 Å². The zero-order valence-electron chi connectivity index (χ0n) is 12.2. The van der Waals surface area contributed by atoms with E-state index in [1.54, 1.807) is 12.1 Å². The van der Waals surface area contributed by atoms with E-state index >= 15 is 0 Å². The molecule has 1 saturated heterocycles. The number of carbonyl (C=O) groups excluding carboxylic acids is 2. The average molecular weight is 291 g/mol. The molecule has 0 saturated carbocycles. The first-order valence-electron chi connectivity index (χ1n) is 7.17. The largest absolute Gasteiger partial charge is 0.465 e. The minimum atomic E-state index is -0.834. The Balaban J connectivity index is 1.88. The molecule has 0 amide bonds. The first-order chi connectivity index (χ1) is 10.0. The van der Waals surface area contributed by atoms with Crippen LogP contribution >= 0.6 is 0 Å². The molecule has 1 heterocycles. The number of esters is 1. The van der Waals surface area contributed by atoms with E-state index in [0.29, 0.717) is 31.6 Å². The van der Waals surface area contributed by atoms with Crippen LogP contribution in [0.5, 0.6) is 0 Å². The van der Waals surface area contributed by atoms with Gasteiger partial charge in [-0.3, -0.25) is 14.5 Å². The van der Waals surface area contributed by atoms with Crippen molar-refractivity contribution in [1.82, 2.24) is 4.90 Å². The smallest absolute Gasteiger partial charge is 0.302 e. The van der Waals surface area contributed by atoms with Gasteiger partial charge in [-0.2, -0.15) is 0 Å². The van der Waals surface area contributed by atoms with Crippen molar-refractivity contribution in [2.45, 2.75) is 25.4 Å². The van der Waals surface area contributed by atoms with Crippen LogP contribution in [0.3, 0.4) is 0 Å².